The van der Waals surface area contributed by atoms with Crippen LogP contribution in [0.1, 0.15) is 62.0 Å². The smallest absolute Gasteiger partial charge is 0.219 e. The Balaban J connectivity index is 1.18. The van der Waals surface area contributed by atoms with Gasteiger partial charge < -0.3 is 15.0 Å². The third-order valence-corrected chi connectivity index (χ3v) is 9.48. The van der Waals surface area contributed by atoms with Crippen molar-refractivity contribution in [3.8, 4) is 22.5 Å². The van der Waals surface area contributed by atoms with Gasteiger partial charge in [0.1, 0.15) is 0 Å². The van der Waals surface area contributed by atoms with Gasteiger partial charge in [0.15, 0.2) is 0 Å². The molecule has 218 valence electrons. The predicted octanol–water partition coefficient (Wildman–Crippen LogP) is 5.35. The summed E-state index contributed by atoms with van der Waals surface area (Å²) < 4.78 is 7.90. The molecule has 2 fully saturated rings. The second-order valence-electron chi connectivity index (χ2n) is 12.1. The average molecular weight is 565 g/mol. The third kappa shape index (κ3) is 5.45. The minimum absolute atomic E-state index is 0.112. The average Bonchev–Trinajstić information content (AvgIpc) is 3.43. The first-order valence-electron chi connectivity index (χ1n) is 15.6. The molecule has 3 aromatic heterocycles. The fourth-order valence-corrected chi connectivity index (χ4v) is 6.95. The number of fused-ring (bicyclic) bond motifs is 2. The number of aryl methyl sites for hydroxylation is 1. The molecule has 42 heavy (non-hydrogen) atoms. The van der Waals surface area contributed by atoms with Crippen molar-refractivity contribution in [2.45, 2.75) is 64.5 Å². The van der Waals surface area contributed by atoms with E-state index in [2.05, 4.69) is 46.4 Å². The third-order valence-electron chi connectivity index (χ3n) is 9.48. The monoisotopic (exact) mass is 564 g/mol. The number of nitrogens with zero attached hydrogens (tertiary/aromatic N) is 5. The molecule has 0 saturated carbocycles. The van der Waals surface area contributed by atoms with Crippen LogP contribution in [0.25, 0.3) is 33.3 Å². The van der Waals surface area contributed by atoms with Crippen molar-refractivity contribution in [3.05, 3.63) is 65.7 Å². The number of nitrogens with one attached hydrogen (secondary N) is 1. The zero-order chi connectivity index (χ0) is 28.5. The largest absolute Gasteiger partial charge is 0.381 e. The van der Waals surface area contributed by atoms with Crippen LogP contribution in [-0.4, -0.2) is 63.4 Å². The Labute approximate surface area is 247 Å². The summed E-state index contributed by atoms with van der Waals surface area (Å²) in [6, 6.07) is 13.2. The summed E-state index contributed by atoms with van der Waals surface area (Å²) in [5.41, 5.74) is 7.60. The molecule has 0 spiro atoms. The highest BCUT2D eigenvalue weighted by molar-refractivity contribution is 5.97. The lowest BCUT2D eigenvalue weighted by atomic mass is 9.92. The summed E-state index contributed by atoms with van der Waals surface area (Å²) in [5.74, 6) is 0.920. The van der Waals surface area contributed by atoms with Crippen molar-refractivity contribution in [2.75, 3.05) is 32.8 Å². The molecule has 1 aromatic carbocycles. The Bertz CT molecular complexity index is 1570. The maximum absolute atomic E-state index is 12.3. The lowest BCUT2D eigenvalue weighted by Crippen LogP contribution is -2.35. The summed E-state index contributed by atoms with van der Waals surface area (Å²) >= 11 is 0. The Morgan fingerprint density at radius 3 is 2.69 bits per heavy atom. The Morgan fingerprint density at radius 2 is 1.90 bits per heavy atom. The molecule has 0 bridgehead atoms. The molecule has 3 aliphatic rings. The van der Waals surface area contributed by atoms with Crippen LogP contribution in [-0.2, 0) is 28.9 Å². The van der Waals surface area contributed by atoms with Crippen LogP contribution in [0.2, 0.25) is 0 Å². The predicted molar refractivity (Wildman–Crippen MR) is 164 cm³/mol. The molecule has 0 atom stereocenters. The summed E-state index contributed by atoms with van der Waals surface area (Å²) in [5, 5.41) is 10.9. The number of carbonyl (C=O) groups excluding carboxylic acids is 1. The molecule has 8 heteroatoms. The van der Waals surface area contributed by atoms with Gasteiger partial charge in [-0.1, -0.05) is 18.2 Å². The van der Waals surface area contributed by atoms with E-state index in [1.54, 1.807) is 6.92 Å². The number of benzene rings is 1. The summed E-state index contributed by atoms with van der Waals surface area (Å²) in [6.45, 7) is 6.81. The Kier molecular flexibility index (Phi) is 7.74. The van der Waals surface area contributed by atoms with Gasteiger partial charge in [0.05, 0.1) is 17.4 Å². The minimum Gasteiger partial charge on any atom is -0.381 e. The molecule has 1 amide bonds. The van der Waals surface area contributed by atoms with Gasteiger partial charge in [-0.15, -0.1) is 0 Å². The normalized spacial score (nSPS) is 18.4. The molecule has 1 N–H and O–H groups in total. The van der Waals surface area contributed by atoms with Crippen LogP contribution in [0.4, 0.5) is 0 Å². The lowest BCUT2D eigenvalue weighted by molar-refractivity contribution is -0.129. The molecule has 7 rings (SSSR count). The van der Waals surface area contributed by atoms with Crippen LogP contribution < -0.4 is 5.32 Å². The number of piperidine rings is 1. The van der Waals surface area contributed by atoms with Crippen molar-refractivity contribution >= 4 is 16.7 Å². The van der Waals surface area contributed by atoms with E-state index in [-0.39, 0.29) is 5.91 Å². The number of hydrogen-bond donors (Lipinski definition) is 1. The van der Waals surface area contributed by atoms with Crippen molar-refractivity contribution in [1.29, 1.82) is 0 Å². The number of hydrogen-bond acceptors (Lipinski definition) is 6. The minimum atomic E-state index is 0.112. The molecule has 3 aliphatic heterocycles. The molecular formula is C34H40N6O2. The standard InChI is InChI=1S/C34H40N6O2/c1-23(41)39-16-11-33-31(22-39)34(38-40(33)28-12-17-42-18-13-28)29-4-2-3-25-19-32(37-21-30(25)29)26-6-8-27(36-20-26)7-5-24-9-14-35-15-10-24/h2-4,6,8,19-21,24,28,35H,5,7,9-18,22H2,1H3. The van der Waals surface area contributed by atoms with E-state index < -0.39 is 0 Å². The summed E-state index contributed by atoms with van der Waals surface area (Å²) in [4.78, 5) is 24.0. The van der Waals surface area contributed by atoms with E-state index >= 15 is 0 Å². The molecule has 8 nitrogen and oxygen atoms in total. The number of ether oxygens (including phenoxy) is 1. The van der Waals surface area contributed by atoms with Gasteiger partial charge in [0, 0.05) is 85.5 Å². The number of aromatic nitrogens is 4. The Hall–Kier alpha value is -3.62. The number of pyridine rings is 2. The number of rotatable bonds is 6. The van der Waals surface area contributed by atoms with Gasteiger partial charge in [0.2, 0.25) is 5.91 Å². The van der Waals surface area contributed by atoms with Gasteiger partial charge >= 0.3 is 0 Å². The first-order chi connectivity index (χ1) is 20.6. The van der Waals surface area contributed by atoms with E-state index in [0.717, 1.165) is 103 Å². The van der Waals surface area contributed by atoms with E-state index in [4.69, 9.17) is 19.8 Å². The number of amides is 1. The fourth-order valence-electron chi connectivity index (χ4n) is 6.95. The van der Waals surface area contributed by atoms with Gasteiger partial charge in [-0.05, 0) is 81.1 Å². The highest BCUT2D eigenvalue weighted by Crippen LogP contribution is 2.37. The second-order valence-corrected chi connectivity index (χ2v) is 12.1. The van der Waals surface area contributed by atoms with Crippen molar-refractivity contribution in [2.24, 2.45) is 5.92 Å². The van der Waals surface area contributed by atoms with Crippen LogP contribution in [0.5, 0.6) is 0 Å². The molecule has 6 heterocycles. The molecule has 0 unspecified atom stereocenters. The first kappa shape index (κ1) is 27.2. The van der Waals surface area contributed by atoms with Crippen molar-refractivity contribution in [3.63, 3.8) is 0 Å². The SMILES string of the molecule is CC(=O)N1CCc2c(c(-c3cccc4cc(-c5ccc(CCC6CCNCC6)nc5)ncc34)nn2C2CCOCC2)C1. The van der Waals surface area contributed by atoms with E-state index in [1.165, 1.54) is 30.5 Å². The molecule has 2 saturated heterocycles. The lowest BCUT2D eigenvalue weighted by Gasteiger charge is -2.29. The Morgan fingerprint density at radius 1 is 1.05 bits per heavy atom. The van der Waals surface area contributed by atoms with Crippen LogP contribution in [0.3, 0.4) is 0 Å². The topological polar surface area (TPSA) is 85.2 Å². The summed E-state index contributed by atoms with van der Waals surface area (Å²) in [7, 11) is 0. The summed E-state index contributed by atoms with van der Waals surface area (Å²) in [6.07, 6.45) is 11.5. The number of carbonyl (C=O) groups is 1. The van der Waals surface area contributed by atoms with Gasteiger partial charge in [-0.25, -0.2) is 0 Å². The van der Waals surface area contributed by atoms with Gasteiger partial charge in [0.25, 0.3) is 0 Å². The van der Waals surface area contributed by atoms with E-state index in [0.29, 0.717) is 12.6 Å². The molecule has 4 aromatic rings. The maximum atomic E-state index is 12.3. The van der Waals surface area contributed by atoms with Gasteiger partial charge in [-0.2, -0.15) is 5.10 Å². The van der Waals surface area contributed by atoms with E-state index in [1.807, 2.05) is 17.3 Å². The van der Waals surface area contributed by atoms with Crippen LogP contribution in [0.15, 0.2) is 48.8 Å². The maximum Gasteiger partial charge on any atom is 0.219 e. The molecular weight excluding hydrogens is 524 g/mol. The highest BCUT2D eigenvalue weighted by Gasteiger charge is 2.30. The zero-order valence-corrected chi connectivity index (χ0v) is 24.5. The van der Waals surface area contributed by atoms with Crippen LogP contribution in [0, 0.1) is 5.92 Å². The second kappa shape index (κ2) is 11.9. The zero-order valence-electron chi connectivity index (χ0n) is 24.5. The van der Waals surface area contributed by atoms with Crippen molar-refractivity contribution < 1.29 is 9.53 Å². The van der Waals surface area contributed by atoms with Gasteiger partial charge in [-0.3, -0.25) is 19.4 Å². The first-order valence-corrected chi connectivity index (χ1v) is 15.6. The highest BCUT2D eigenvalue weighted by atomic mass is 16.5. The fraction of sp³-hybridized carbons (Fsp3) is 0.471. The molecule has 0 radical (unpaired) electrons. The van der Waals surface area contributed by atoms with E-state index in [9.17, 15) is 4.79 Å². The molecule has 0 aliphatic carbocycles. The quantitative estimate of drug-likeness (QED) is 0.340. The van der Waals surface area contributed by atoms with Crippen molar-refractivity contribution in [1.82, 2.24) is 30.0 Å². The van der Waals surface area contributed by atoms with Crippen LogP contribution >= 0.6 is 0 Å².